The average Bonchev–Trinajstić information content (AvgIpc) is 2.51. The molecule has 0 unspecified atom stereocenters. The fourth-order valence-electron chi connectivity index (χ4n) is 1.61. The van der Waals surface area contributed by atoms with Crippen LogP contribution in [0.5, 0.6) is 0 Å². The Morgan fingerprint density at radius 2 is 1.95 bits per heavy atom. The van der Waals surface area contributed by atoms with Gasteiger partial charge in [-0.15, -0.1) is 11.8 Å². The van der Waals surface area contributed by atoms with E-state index in [0.29, 0.717) is 10.6 Å². The van der Waals surface area contributed by atoms with E-state index in [1.807, 2.05) is 12.1 Å². The summed E-state index contributed by atoms with van der Waals surface area (Å²) in [5.41, 5.74) is 2.73. The maximum absolute atomic E-state index is 13.4. The zero-order valence-electron chi connectivity index (χ0n) is 11.8. The van der Waals surface area contributed by atoms with Crippen LogP contribution in [0.15, 0.2) is 58.5 Å². The highest BCUT2D eigenvalue weighted by Crippen LogP contribution is 2.24. The maximum Gasteiger partial charge on any atom is 0.253 e. The van der Waals surface area contributed by atoms with Crippen LogP contribution in [0.4, 0.5) is 4.39 Å². The number of nitrogens with one attached hydrogen (secondary N) is 1. The van der Waals surface area contributed by atoms with Crippen molar-refractivity contribution in [3.8, 4) is 0 Å². The van der Waals surface area contributed by atoms with Gasteiger partial charge >= 0.3 is 0 Å². The predicted octanol–water partition coefficient (Wildman–Crippen LogP) is 4.11. The monoisotopic (exact) mass is 336 g/mol. The number of thioether (sulfide) groups is 1. The number of benzene rings is 2. The van der Waals surface area contributed by atoms with Crippen molar-refractivity contribution in [3.05, 3.63) is 64.9 Å². The lowest BCUT2D eigenvalue weighted by molar-refractivity contribution is -0.120. The molecule has 0 bridgehead atoms. The first-order chi connectivity index (χ1) is 10.6. The van der Waals surface area contributed by atoms with Crippen LogP contribution in [-0.4, -0.2) is 17.4 Å². The van der Waals surface area contributed by atoms with Crippen LogP contribution in [0.2, 0.25) is 5.02 Å². The molecule has 0 aromatic heterocycles. The van der Waals surface area contributed by atoms with Crippen molar-refractivity contribution < 1.29 is 9.18 Å². The van der Waals surface area contributed by atoms with Gasteiger partial charge in [0.1, 0.15) is 5.82 Å². The summed E-state index contributed by atoms with van der Waals surface area (Å²) in [6, 6.07) is 13.4. The largest absolute Gasteiger partial charge is 0.272 e. The van der Waals surface area contributed by atoms with Crippen molar-refractivity contribution in [2.75, 3.05) is 0 Å². The third-order valence-corrected chi connectivity index (χ3v) is 4.14. The standard InChI is InChI=1S/C16H14ClFN2OS/c1-11(22-14-8-6-13(17)7-9-14)16(21)20-19-10-12-4-2-3-5-15(12)18/h2-11H,1H3,(H,20,21)/b19-10-/t11-/m0/s1. The molecule has 2 rings (SSSR count). The van der Waals surface area contributed by atoms with Crippen molar-refractivity contribution in [1.82, 2.24) is 5.43 Å². The minimum absolute atomic E-state index is 0.257. The van der Waals surface area contributed by atoms with E-state index >= 15 is 0 Å². The molecule has 0 aliphatic rings. The third-order valence-electron chi connectivity index (χ3n) is 2.78. The first-order valence-corrected chi connectivity index (χ1v) is 7.81. The highest BCUT2D eigenvalue weighted by Gasteiger charge is 2.13. The van der Waals surface area contributed by atoms with Crippen molar-refractivity contribution in [3.63, 3.8) is 0 Å². The quantitative estimate of drug-likeness (QED) is 0.507. The normalized spacial score (nSPS) is 12.3. The van der Waals surface area contributed by atoms with Crippen LogP contribution < -0.4 is 5.43 Å². The van der Waals surface area contributed by atoms with Crippen LogP contribution in [-0.2, 0) is 4.79 Å². The van der Waals surface area contributed by atoms with Gasteiger partial charge in [0.2, 0.25) is 0 Å². The fourth-order valence-corrected chi connectivity index (χ4v) is 2.59. The first-order valence-electron chi connectivity index (χ1n) is 6.56. The average molecular weight is 337 g/mol. The molecule has 0 heterocycles. The molecule has 3 nitrogen and oxygen atoms in total. The number of rotatable bonds is 5. The van der Waals surface area contributed by atoms with Gasteiger partial charge in [0.15, 0.2) is 0 Å². The zero-order valence-corrected chi connectivity index (χ0v) is 13.4. The first kappa shape index (κ1) is 16.5. The van der Waals surface area contributed by atoms with E-state index in [4.69, 9.17) is 11.6 Å². The molecule has 0 saturated carbocycles. The molecule has 0 aliphatic heterocycles. The van der Waals surface area contributed by atoms with E-state index in [9.17, 15) is 9.18 Å². The number of carbonyl (C=O) groups is 1. The number of hydrazone groups is 1. The second kappa shape index (κ2) is 7.96. The molecule has 114 valence electrons. The molecule has 0 aliphatic carbocycles. The summed E-state index contributed by atoms with van der Waals surface area (Å²) < 4.78 is 13.4. The molecule has 0 fully saturated rings. The Balaban J connectivity index is 1.89. The lowest BCUT2D eigenvalue weighted by Gasteiger charge is -2.09. The van der Waals surface area contributed by atoms with E-state index in [-0.39, 0.29) is 17.0 Å². The SMILES string of the molecule is C[C@H](Sc1ccc(Cl)cc1)C(=O)N/N=C\c1ccccc1F. The Morgan fingerprint density at radius 3 is 2.64 bits per heavy atom. The highest BCUT2D eigenvalue weighted by molar-refractivity contribution is 8.00. The molecule has 22 heavy (non-hydrogen) atoms. The molecule has 0 spiro atoms. The molecule has 1 N–H and O–H groups in total. The van der Waals surface area contributed by atoms with Gasteiger partial charge in [-0.3, -0.25) is 4.79 Å². The third kappa shape index (κ3) is 4.86. The number of carbonyl (C=O) groups excluding carboxylic acids is 1. The van der Waals surface area contributed by atoms with Crippen molar-refractivity contribution in [2.24, 2.45) is 5.10 Å². The summed E-state index contributed by atoms with van der Waals surface area (Å²) in [6.07, 6.45) is 1.28. The summed E-state index contributed by atoms with van der Waals surface area (Å²) >= 11 is 7.20. The van der Waals surface area contributed by atoms with Gasteiger partial charge in [-0.2, -0.15) is 5.10 Å². The Kier molecular flexibility index (Phi) is 5.98. The summed E-state index contributed by atoms with van der Waals surface area (Å²) in [4.78, 5) is 12.9. The van der Waals surface area contributed by atoms with Gasteiger partial charge in [0, 0.05) is 15.5 Å². The smallest absolute Gasteiger partial charge is 0.253 e. The molecule has 0 radical (unpaired) electrons. The number of amides is 1. The van der Waals surface area contributed by atoms with Crippen molar-refractivity contribution in [1.29, 1.82) is 0 Å². The summed E-state index contributed by atoms with van der Waals surface area (Å²) in [7, 11) is 0. The summed E-state index contributed by atoms with van der Waals surface area (Å²) in [6.45, 7) is 1.77. The number of hydrogen-bond donors (Lipinski definition) is 1. The summed E-state index contributed by atoms with van der Waals surface area (Å²) in [5, 5.41) is 4.09. The molecule has 1 amide bonds. The van der Waals surface area contributed by atoms with Gasteiger partial charge < -0.3 is 0 Å². The molecule has 0 saturated heterocycles. The second-order valence-corrected chi connectivity index (χ2v) is 6.32. The molecule has 2 aromatic rings. The van der Waals surface area contributed by atoms with Gasteiger partial charge in [0.25, 0.3) is 5.91 Å². The number of halogens is 2. The zero-order chi connectivity index (χ0) is 15.9. The lowest BCUT2D eigenvalue weighted by atomic mass is 10.2. The topological polar surface area (TPSA) is 41.5 Å². The maximum atomic E-state index is 13.4. The Morgan fingerprint density at radius 1 is 1.27 bits per heavy atom. The summed E-state index contributed by atoms with van der Waals surface area (Å²) in [5.74, 6) is -0.642. The van der Waals surface area contributed by atoms with Crippen LogP contribution in [0.3, 0.4) is 0 Å². The Labute approximate surface area is 137 Å². The minimum atomic E-state index is -0.385. The van der Waals surface area contributed by atoms with Gasteiger partial charge in [-0.05, 0) is 37.3 Å². The molecular formula is C16H14ClFN2OS. The fraction of sp³-hybridized carbons (Fsp3) is 0.125. The predicted molar refractivity (Wildman–Crippen MR) is 88.9 cm³/mol. The van der Waals surface area contributed by atoms with E-state index < -0.39 is 0 Å². The molecular weight excluding hydrogens is 323 g/mol. The van der Waals surface area contributed by atoms with Crippen molar-refractivity contribution in [2.45, 2.75) is 17.1 Å². The molecule has 1 atom stereocenters. The van der Waals surface area contributed by atoms with Crippen molar-refractivity contribution >= 4 is 35.5 Å². The van der Waals surface area contributed by atoms with Crippen LogP contribution in [0.25, 0.3) is 0 Å². The molecule has 6 heteroatoms. The van der Waals surface area contributed by atoms with Gasteiger partial charge in [-0.25, -0.2) is 9.82 Å². The number of nitrogens with zero attached hydrogens (tertiary/aromatic N) is 1. The second-order valence-electron chi connectivity index (χ2n) is 4.47. The van der Waals surface area contributed by atoms with Crippen LogP contribution in [0.1, 0.15) is 12.5 Å². The molecule has 2 aromatic carbocycles. The number of hydrogen-bond acceptors (Lipinski definition) is 3. The van der Waals surface area contributed by atoms with Gasteiger partial charge in [0.05, 0.1) is 11.5 Å². The van der Waals surface area contributed by atoms with E-state index in [1.165, 1.54) is 24.0 Å². The van der Waals surface area contributed by atoms with Gasteiger partial charge in [-0.1, -0.05) is 29.8 Å². The van der Waals surface area contributed by atoms with Crippen LogP contribution in [0, 0.1) is 5.82 Å². The lowest BCUT2D eigenvalue weighted by Crippen LogP contribution is -2.26. The Hall–Kier alpha value is -1.85. The van der Waals surface area contributed by atoms with E-state index in [0.717, 1.165) is 4.90 Å². The van der Waals surface area contributed by atoms with E-state index in [1.54, 1.807) is 37.3 Å². The highest BCUT2D eigenvalue weighted by atomic mass is 35.5. The van der Waals surface area contributed by atoms with Crippen LogP contribution >= 0.6 is 23.4 Å². The Bertz CT molecular complexity index is 676. The van der Waals surface area contributed by atoms with E-state index in [2.05, 4.69) is 10.5 Å². The minimum Gasteiger partial charge on any atom is -0.272 e.